The number of hydrogen-bond donors (Lipinski definition) is 0. The molecule has 1 fully saturated rings. The van der Waals surface area contributed by atoms with Gasteiger partial charge in [-0.05, 0) is 43.9 Å². The van der Waals surface area contributed by atoms with Crippen molar-refractivity contribution >= 4 is 23.5 Å². The number of hydrogen-bond acceptors (Lipinski definition) is 5. The smallest absolute Gasteiger partial charge is 0.338 e. The van der Waals surface area contributed by atoms with Crippen LogP contribution in [0.1, 0.15) is 35.7 Å². The maximum atomic E-state index is 12.9. The van der Waals surface area contributed by atoms with E-state index in [0.29, 0.717) is 37.1 Å². The van der Waals surface area contributed by atoms with E-state index in [2.05, 4.69) is 0 Å². The highest BCUT2D eigenvalue weighted by Gasteiger charge is 2.60. The van der Waals surface area contributed by atoms with Crippen molar-refractivity contribution in [3.05, 3.63) is 29.3 Å². The molecular formula is C17H19NO5. The summed E-state index contributed by atoms with van der Waals surface area (Å²) in [6.45, 7) is 2.45. The van der Waals surface area contributed by atoms with Crippen molar-refractivity contribution in [1.29, 1.82) is 0 Å². The Morgan fingerprint density at radius 2 is 2.00 bits per heavy atom. The fourth-order valence-corrected chi connectivity index (χ4v) is 3.10. The molecule has 1 aliphatic heterocycles. The first-order valence-corrected chi connectivity index (χ1v) is 7.74. The van der Waals surface area contributed by atoms with Gasteiger partial charge in [0.2, 0.25) is 5.91 Å². The molecular weight excluding hydrogens is 298 g/mol. The van der Waals surface area contributed by atoms with Crippen LogP contribution >= 0.6 is 0 Å². The summed E-state index contributed by atoms with van der Waals surface area (Å²) in [7, 11) is 1.33. The normalized spacial score (nSPS) is 17.4. The van der Waals surface area contributed by atoms with Crippen molar-refractivity contribution in [3.8, 4) is 0 Å². The second-order valence-corrected chi connectivity index (χ2v) is 5.80. The molecule has 1 aliphatic carbocycles. The van der Waals surface area contributed by atoms with Gasteiger partial charge in [0, 0.05) is 12.2 Å². The van der Waals surface area contributed by atoms with Crippen LogP contribution in [0.3, 0.4) is 0 Å². The van der Waals surface area contributed by atoms with E-state index < -0.39 is 17.4 Å². The topological polar surface area (TPSA) is 72.9 Å². The van der Waals surface area contributed by atoms with Crippen molar-refractivity contribution in [3.63, 3.8) is 0 Å². The van der Waals surface area contributed by atoms with Crippen LogP contribution in [0.4, 0.5) is 5.69 Å². The highest BCUT2D eigenvalue weighted by Crippen LogP contribution is 2.50. The zero-order valence-electron chi connectivity index (χ0n) is 13.3. The summed E-state index contributed by atoms with van der Waals surface area (Å²) in [5, 5.41) is 0. The number of ether oxygens (including phenoxy) is 2. The molecule has 23 heavy (non-hydrogen) atoms. The maximum absolute atomic E-state index is 12.9. The number of amides is 1. The van der Waals surface area contributed by atoms with Crippen molar-refractivity contribution in [2.24, 2.45) is 5.41 Å². The Morgan fingerprint density at radius 1 is 1.26 bits per heavy atom. The van der Waals surface area contributed by atoms with Crippen molar-refractivity contribution in [2.75, 3.05) is 25.2 Å². The minimum absolute atomic E-state index is 0.225. The van der Waals surface area contributed by atoms with Gasteiger partial charge in [-0.1, -0.05) is 6.07 Å². The lowest BCUT2D eigenvalue weighted by molar-refractivity contribution is -0.153. The Hall–Kier alpha value is -2.37. The van der Waals surface area contributed by atoms with Gasteiger partial charge >= 0.3 is 11.9 Å². The summed E-state index contributed by atoms with van der Waals surface area (Å²) < 4.78 is 9.85. The Bertz CT molecular complexity index is 678. The highest BCUT2D eigenvalue weighted by molar-refractivity contribution is 6.13. The third-order valence-electron chi connectivity index (χ3n) is 4.50. The largest absolute Gasteiger partial charge is 0.465 e. The molecule has 0 saturated heterocycles. The van der Waals surface area contributed by atoms with E-state index in [0.717, 1.165) is 5.56 Å². The van der Waals surface area contributed by atoms with Crippen LogP contribution in [0.15, 0.2) is 18.2 Å². The summed E-state index contributed by atoms with van der Waals surface area (Å²) in [6, 6.07) is 5.21. The van der Waals surface area contributed by atoms with Crippen molar-refractivity contribution in [1.82, 2.24) is 0 Å². The highest BCUT2D eigenvalue weighted by atomic mass is 16.5. The van der Waals surface area contributed by atoms with Crippen LogP contribution in [-0.2, 0) is 25.5 Å². The molecule has 0 atom stereocenters. The molecule has 1 heterocycles. The first-order valence-electron chi connectivity index (χ1n) is 7.74. The summed E-state index contributed by atoms with van der Waals surface area (Å²) in [6.07, 6.45) is 1.62. The minimum atomic E-state index is -1.03. The van der Waals surface area contributed by atoms with Crippen LogP contribution in [0.25, 0.3) is 0 Å². The molecule has 1 aromatic carbocycles. The summed E-state index contributed by atoms with van der Waals surface area (Å²) in [4.78, 5) is 38.4. The fourth-order valence-electron chi connectivity index (χ4n) is 3.10. The number of esters is 2. The van der Waals surface area contributed by atoms with Gasteiger partial charge in [-0.15, -0.1) is 0 Å². The van der Waals surface area contributed by atoms with E-state index in [9.17, 15) is 14.4 Å². The average Bonchev–Trinajstić information content (AvgIpc) is 3.27. The molecule has 0 bridgehead atoms. The molecule has 0 unspecified atom stereocenters. The standard InChI is InChI=1S/C17H19NO5/c1-3-23-16(21)17(8-9-17)15(20)18-10-7-11-12(14(19)22-2)5-4-6-13(11)18/h4-6H,3,7-10H2,1-2H3. The third-order valence-corrected chi connectivity index (χ3v) is 4.50. The van der Waals surface area contributed by atoms with E-state index in [4.69, 9.17) is 9.47 Å². The predicted octanol–water partition coefficient (Wildman–Crippen LogP) is 1.71. The molecule has 1 amide bonds. The number of fused-ring (bicyclic) bond motifs is 1. The van der Waals surface area contributed by atoms with Gasteiger partial charge in [0.05, 0.1) is 19.3 Å². The zero-order chi connectivity index (χ0) is 16.6. The van der Waals surface area contributed by atoms with Crippen molar-refractivity contribution < 1.29 is 23.9 Å². The Kier molecular flexibility index (Phi) is 3.83. The van der Waals surface area contributed by atoms with Gasteiger partial charge < -0.3 is 14.4 Å². The number of anilines is 1. The second-order valence-electron chi connectivity index (χ2n) is 5.80. The molecule has 3 rings (SSSR count). The quantitative estimate of drug-likeness (QED) is 0.624. The molecule has 1 saturated carbocycles. The van der Waals surface area contributed by atoms with E-state index in [1.807, 2.05) is 0 Å². The molecule has 122 valence electrons. The number of carbonyl (C=O) groups excluding carboxylic acids is 3. The molecule has 0 N–H and O–H groups in total. The van der Waals surface area contributed by atoms with Crippen LogP contribution in [-0.4, -0.2) is 38.1 Å². The Balaban J connectivity index is 1.90. The fraction of sp³-hybridized carbons (Fsp3) is 0.471. The third kappa shape index (κ3) is 2.38. The number of rotatable bonds is 4. The van der Waals surface area contributed by atoms with Crippen LogP contribution in [0, 0.1) is 5.41 Å². The lowest BCUT2D eigenvalue weighted by Gasteiger charge is -2.22. The summed E-state index contributed by atoms with van der Waals surface area (Å²) in [5.74, 6) is -1.08. The average molecular weight is 317 g/mol. The van der Waals surface area contributed by atoms with E-state index in [-0.39, 0.29) is 12.5 Å². The SMILES string of the molecule is CCOC(=O)C1(C(=O)N2CCc3c(C(=O)OC)cccc32)CC1. The summed E-state index contributed by atoms with van der Waals surface area (Å²) >= 11 is 0. The van der Waals surface area contributed by atoms with Gasteiger partial charge in [-0.3, -0.25) is 9.59 Å². The van der Waals surface area contributed by atoms with E-state index in [1.165, 1.54) is 7.11 Å². The molecule has 0 aromatic heterocycles. The lowest BCUT2D eigenvalue weighted by atomic mass is 10.0. The van der Waals surface area contributed by atoms with Crippen LogP contribution in [0.2, 0.25) is 0 Å². The summed E-state index contributed by atoms with van der Waals surface area (Å²) in [5.41, 5.74) is 0.931. The maximum Gasteiger partial charge on any atom is 0.338 e. The monoisotopic (exact) mass is 317 g/mol. The second kappa shape index (κ2) is 5.68. The number of nitrogens with zero attached hydrogens (tertiary/aromatic N) is 1. The number of benzene rings is 1. The Labute approximate surface area is 134 Å². The first-order chi connectivity index (χ1) is 11.0. The van der Waals surface area contributed by atoms with Gasteiger partial charge in [0.1, 0.15) is 5.41 Å². The van der Waals surface area contributed by atoms with Crippen LogP contribution in [0.5, 0.6) is 0 Å². The molecule has 6 heteroatoms. The number of methoxy groups -OCH3 is 1. The lowest BCUT2D eigenvalue weighted by Crippen LogP contribution is -2.40. The van der Waals surface area contributed by atoms with Gasteiger partial charge in [0.25, 0.3) is 0 Å². The zero-order valence-corrected chi connectivity index (χ0v) is 13.3. The molecule has 0 spiro atoms. The van der Waals surface area contributed by atoms with Gasteiger partial charge in [0.15, 0.2) is 0 Å². The van der Waals surface area contributed by atoms with E-state index >= 15 is 0 Å². The van der Waals surface area contributed by atoms with Gasteiger partial charge in [-0.2, -0.15) is 0 Å². The van der Waals surface area contributed by atoms with E-state index in [1.54, 1.807) is 30.0 Å². The van der Waals surface area contributed by atoms with Gasteiger partial charge in [-0.25, -0.2) is 4.79 Å². The molecule has 0 radical (unpaired) electrons. The minimum Gasteiger partial charge on any atom is -0.465 e. The predicted molar refractivity (Wildman–Crippen MR) is 82.1 cm³/mol. The van der Waals surface area contributed by atoms with Crippen molar-refractivity contribution in [2.45, 2.75) is 26.2 Å². The first kappa shape index (κ1) is 15.5. The molecule has 6 nitrogen and oxygen atoms in total. The Morgan fingerprint density at radius 3 is 2.61 bits per heavy atom. The molecule has 1 aromatic rings. The van der Waals surface area contributed by atoms with Crippen LogP contribution < -0.4 is 4.90 Å². The molecule has 2 aliphatic rings. The number of carbonyl (C=O) groups is 3.